The number of benzene rings is 1. The van der Waals surface area contributed by atoms with Crippen molar-refractivity contribution in [3.8, 4) is 11.3 Å². The van der Waals surface area contributed by atoms with Crippen LogP contribution in [0.2, 0.25) is 0 Å². The highest BCUT2D eigenvalue weighted by Crippen LogP contribution is 2.26. The number of hydrogen-bond acceptors (Lipinski definition) is 4. The van der Waals surface area contributed by atoms with Crippen LogP contribution in [0.15, 0.2) is 53.9 Å². The lowest BCUT2D eigenvalue weighted by Gasteiger charge is -2.05. The quantitative estimate of drug-likeness (QED) is 0.518. The summed E-state index contributed by atoms with van der Waals surface area (Å²) in [6, 6.07) is 12.0. The molecule has 88 valence electrons. The molecule has 0 aliphatic carbocycles. The molecule has 0 bridgehead atoms. The van der Waals surface area contributed by atoms with Gasteiger partial charge in [0.1, 0.15) is 0 Å². The Morgan fingerprint density at radius 1 is 0.944 bits per heavy atom. The number of fused-ring (bicyclic) bond motifs is 1. The average molecular weight is 253 g/mol. The van der Waals surface area contributed by atoms with Crippen molar-refractivity contribution in [1.82, 2.24) is 15.0 Å². The van der Waals surface area contributed by atoms with E-state index in [9.17, 15) is 0 Å². The number of para-hydroxylation sites is 1. The van der Waals surface area contributed by atoms with Crippen molar-refractivity contribution in [2.75, 3.05) is 6.26 Å². The number of aromatic nitrogens is 3. The number of nitrogens with zero attached hydrogens (tertiary/aromatic N) is 3. The highest BCUT2D eigenvalue weighted by molar-refractivity contribution is 7.98. The van der Waals surface area contributed by atoms with E-state index in [1.807, 2.05) is 42.8 Å². The molecule has 0 amide bonds. The number of rotatable bonds is 2. The van der Waals surface area contributed by atoms with E-state index in [0.717, 1.165) is 27.3 Å². The third kappa shape index (κ3) is 1.95. The van der Waals surface area contributed by atoms with E-state index in [1.54, 1.807) is 18.0 Å². The van der Waals surface area contributed by atoms with E-state index >= 15 is 0 Å². The summed E-state index contributed by atoms with van der Waals surface area (Å²) in [5.41, 5.74) is 3.02. The van der Waals surface area contributed by atoms with Gasteiger partial charge < -0.3 is 0 Å². The van der Waals surface area contributed by atoms with E-state index in [2.05, 4.69) is 21.0 Å². The van der Waals surface area contributed by atoms with E-state index in [1.165, 1.54) is 0 Å². The minimum Gasteiger partial charge on any atom is -0.256 e. The Morgan fingerprint density at radius 2 is 1.78 bits per heavy atom. The third-order valence-corrected chi connectivity index (χ3v) is 3.30. The van der Waals surface area contributed by atoms with Crippen LogP contribution in [-0.4, -0.2) is 21.2 Å². The zero-order chi connectivity index (χ0) is 12.4. The van der Waals surface area contributed by atoms with Crippen molar-refractivity contribution in [1.29, 1.82) is 0 Å². The second kappa shape index (κ2) is 4.74. The Balaban J connectivity index is 2.24. The first-order chi connectivity index (χ1) is 8.88. The first-order valence-electron chi connectivity index (χ1n) is 5.59. The zero-order valence-corrected chi connectivity index (χ0v) is 10.7. The topological polar surface area (TPSA) is 38.7 Å². The van der Waals surface area contributed by atoms with Gasteiger partial charge >= 0.3 is 0 Å². The lowest BCUT2D eigenvalue weighted by Crippen LogP contribution is -1.90. The van der Waals surface area contributed by atoms with Crippen LogP contribution >= 0.6 is 11.8 Å². The summed E-state index contributed by atoms with van der Waals surface area (Å²) in [7, 11) is 0. The van der Waals surface area contributed by atoms with Crippen molar-refractivity contribution in [3.63, 3.8) is 0 Å². The van der Waals surface area contributed by atoms with Gasteiger partial charge in [0.25, 0.3) is 0 Å². The molecule has 18 heavy (non-hydrogen) atoms. The molecular formula is C14H11N3S. The largest absolute Gasteiger partial charge is 0.256 e. The van der Waals surface area contributed by atoms with Gasteiger partial charge in [0, 0.05) is 23.3 Å². The first kappa shape index (κ1) is 11.2. The molecule has 0 atom stereocenters. The van der Waals surface area contributed by atoms with Crippen molar-refractivity contribution in [3.05, 3.63) is 48.8 Å². The molecule has 2 heterocycles. The molecule has 0 saturated heterocycles. The Bertz CT molecular complexity index is 692. The van der Waals surface area contributed by atoms with Gasteiger partial charge in [-0.3, -0.25) is 4.98 Å². The molecule has 3 rings (SSSR count). The van der Waals surface area contributed by atoms with Gasteiger partial charge in [0.2, 0.25) is 0 Å². The predicted octanol–water partition coefficient (Wildman–Crippen LogP) is 3.41. The Kier molecular flexibility index (Phi) is 2.94. The standard InChI is InChI=1S/C14H11N3S/c1-18-14-16-9-7-13(17-14)11-6-8-15-12-5-3-2-4-10(11)12/h2-9H,1H3. The van der Waals surface area contributed by atoms with Gasteiger partial charge in [0.05, 0.1) is 11.2 Å². The highest BCUT2D eigenvalue weighted by atomic mass is 32.2. The van der Waals surface area contributed by atoms with Crippen molar-refractivity contribution in [2.24, 2.45) is 0 Å². The van der Waals surface area contributed by atoms with Crippen LogP contribution in [0.3, 0.4) is 0 Å². The summed E-state index contributed by atoms with van der Waals surface area (Å²) in [5, 5.41) is 1.90. The van der Waals surface area contributed by atoms with Gasteiger partial charge in [-0.05, 0) is 24.5 Å². The molecule has 0 radical (unpaired) electrons. The molecule has 0 unspecified atom stereocenters. The second-order valence-corrected chi connectivity index (χ2v) is 4.58. The van der Waals surface area contributed by atoms with Gasteiger partial charge in [-0.1, -0.05) is 30.0 Å². The van der Waals surface area contributed by atoms with Crippen molar-refractivity contribution >= 4 is 22.7 Å². The summed E-state index contributed by atoms with van der Waals surface area (Å²) < 4.78 is 0. The highest BCUT2D eigenvalue weighted by Gasteiger charge is 2.06. The SMILES string of the molecule is CSc1nccc(-c2ccnc3ccccc23)n1. The lowest BCUT2D eigenvalue weighted by molar-refractivity contribution is 0.977. The number of hydrogen-bond donors (Lipinski definition) is 0. The van der Waals surface area contributed by atoms with Gasteiger partial charge in [-0.2, -0.15) is 0 Å². The molecule has 4 heteroatoms. The molecule has 2 aromatic heterocycles. The minimum atomic E-state index is 0.786. The lowest BCUT2D eigenvalue weighted by atomic mass is 10.1. The molecule has 0 spiro atoms. The molecule has 0 aliphatic heterocycles. The zero-order valence-electron chi connectivity index (χ0n) is 9.87. The maximum Gasteiger partial charge on any atom is 0.187 e. The predicted molar refractivity (Wildman–Crippen MR) is 74.6 cm³/mol. The molecule has 1 aromatic carbocycles. The molecule has 3 aromatic rings. The molecule has 0 aliphatic rings. The van der Waals surface area contributed by atoms with Crippen LogP contribution in [0.25, 0.3) is 22.2 Å². The maximum absolute atomic E-state index is 4.54. The molecule has 3 nitrogen and oxygen atoms in total. The summed E-state index contributed by atoms with van der Waals surface area (Å²) in [5.74, 6) is 0. The van der Waals surface area contributed by atoms with Crippen molar-refractivity contribution in [2.45, 2.75) is 5.16 Å². The summed E-state index contributed by atoms with van der Waals surface area (Å²) in [6.07, 6.45) is 5.59. The average Bonchev–Trinajstić information content (AvgIpc) is 2.47. The van der Waals surface area contributed by atoms with Crippen LogP contribution in [0.5, 0.6) is 0 Å². The van der Waals surface area contributed by atoms with Gasteiger partial charge in [-0.15, -0.1) is 0 Å². The Labute approximate surface area is 109 Å². The van der Waals surface area contributed by atoms with E-state index in [4.69, 9.17) is 0 Å². The third-order valence-electron chi connectivity index (χ3n) is 2.74. The van der Waals surface area contributed by atoms with E-state index in [-0.39, 0.29) is 0 Å². The summed E-state index contributed by atoms with van der Waals surface area (Å²) in [4.78, 5) is 13.1. The fourth-order valence-electron chi connectivity index (χ4n) is 1.91. The van der Waals surface area contributed by atoms with Crippen LogP contribution in [0.1, 0.15) is 0 Å². The molecule has 0 saturated carbocycles. The van der Waals surface area contributed by atoms with Crippen molar-refractivity contribution < 1.29 is 0 Å². The van der Waals surface area contributed by atoms with E-state index in [0.29, 0.717) is 0 Å². The van der Waals surface area contributed by atoms with Crippen LogP contribution in [0, 0.1) is 0 Å². The number of pyridine rings is 1. The fraction of sp³-hybridized carbons (Fsp3) is 0.0714. The first-order valence-corrected chi connectivity index (χ1v) is 6.82. The maximum atomic E-state index is 4.54. The summed E-state index contributed by atoms with van der Waals surface area (Å²) in [6.45, 7) is 0. The van der Waals surface area contributed by atoms with E-state index < -0.39 is 0 Å². The molecular weight excluding hydrogens is 242 g/mol. The second-order valence-electron chi connectivity index (χ2n) is 3.80. The molecule has 0 N–H and O–H groups in total. The number of thioether (sulfide) groups is 1. The van der Waals surface area contributed by atoms with Crippen LogP contribution in [-0.2, 0) is 0 Å². The van der Waals surface area contributed by atoms with Crippen LogP contribution < -0.4 is 0 Å². The molecule has 0 fully saturated rings. The smallest absolute Gasteiger partial charge is 0.187 e. The Hall–Kier alpha value is -1.94. The minimum absolute atomic E-state index is 0.786. The normalized spacial score (nSPS) is 10.7. The monoisotopic (exact) mass is 253 g/mol. The van der Waals surface area contributed by atoms with Gasteiger partial charge in [0.15, 0.2) is 5.16 Å². The Morgan fingerprint density at radius 3 is 2.67 bits per heavy atom. The summed E-state index contributed by atoms with van der Waals surface area (Å²) >= 11 is 1.55. The van der Waals surface area contributed by atoms with Gasteiger partial charge in [-0.25, -0.2) is 9.97 Å². The fourth-order valence-corrected chi connectivity index (χ4v) is 2.26. The van der Waals surface area contributed by atoms with Crippen LogP contribution in [0.4, 0.5) is 0 Å².